The highest BCUT2D eigenvalue weighted by Crippen LogP contribution is 2.39. The van der Waals surface area contributed by atoms with Crippen LogP contribution in [0.1, 0.15) is 5.56 Å². The minimum Gasteiger partial charge on any atom is -0.504 e. The van der Waals surface area contributed by atoms with E-state index in [1.54, 1.807) is 12.1 Å². The number of hydrogen-bond acceptors (Lipinski definition) is 7. The van der Waals surface area contributed by atoms with Gasteiger partial charge >= 0.3 is 0 Å². The molecule has 140 valence electrons. The van der Waals surface area contributed by atoms with Crippen LogP contribution in [0.5, 0.6) is 28.7 Å². The molecule has 0 amide bonds. The van der Waals surface area contributed by atoms with Gasteiger partial charge in [-0.3, -0.25) is 0 Å². The van der Waals surface area contributed by atoms with Crippen LogP contribution in [0.25, 0.3) is 6.08 Å². The summed E-state index contributed by atoms with van der Waals surface area (Å²) in [5.74, 6) is 0.995. The second-order valence-electron chi connectivity index (χ2n) is 5.14. The molecule has 0 saturated heterocycles. The minimum atomic E-state index is -3.79. The fourth-order valence-electron chi connectivity index (χ4n) is 2.28. The largest absolute Gasteiger partial charge is 0.504 e. The maximum absolute atomic E-state index is 12.6. The Labute approximate surface area is 152 Å². The van der Waals surface area contributed by atoms with Gasteiger partial charge in [0.05, 0.1) is 33.3 Å². The third kappa shape index (κ3) is 4.02. The lowest BCUT2D eigenvalue weighted by molar-refractivity contribution is 0.323. The molecule has 2 aromatic carbocycles. The van der Waals surface area contributed by atoms with Crippen LogP contribution in [-0.2, 0) is 9.84 Å². The molecule has 0 aliphatic carbocycles. The van der Waals surface area contributed by atoms with E-state index in [9.17, 15) is 13.5 Å². The van der Waals surface area contributed by atoms with Gasteiger partial charge in [0.1, 0.15) is 0 Å². The molecule has 2 aromatic rings. The molecule has 26 heavy (non-hydrogen) atoms. The first-order valence-electron chi connectivity index (χ1n) is 7.46. The molecule has 7 nitrogen and oxygen atoms in total. The van der Waals surface area contributed by atoms with Gasteiger partial charge in [-0.15, -0.1) is 0 Å². The standard InChI is InChI=1S/C18H20O7S/c1-22-15-6-5-12(9-14(15)19)7-8-26(20,21)13-10-16(23-2)18(25-4)17(11-13)24-3/h5-11,19H,1-4H3/b8-7+. The highest BCUT2D eigenvalue weighted by Gasteiger charge is 2.19. The van der Waals surface area contributed by atoms with Crippen molar-refractivity contribution in [3.8, 4) is 28.7 Å². The molecule has 2 rings (SSSR count). The molecular formula is C18H20O7S. The molecule has 0 saturated carbocycles. The van der Waals surface area contributed by atoms with Gasteiger partial charge in [-0.2, -0.15) is 0 Å². The summed E-state index contributed by atoms with van der Waals surface area (Å²) in [6.45, 7) is 0. The predicted octanol–water partition coefficient (Wildman–Crippen LogP) is 2.87. The highest BCUT2D eigenvalue weighted by atomic mass is 32.2. The Morgan fingerprint density at radius 3 is 1.88 bits per heavy atom. The zero-order valence-electron chi connectivity index (χ0n) is 14.8. The van der Waals surface area contributed by atoms with Crippen molar-refractivity contribution in [2.75, 3.05) is 28.4 Å². The van der Waals surface area contributed by atoms with Gasteiger partial charge in [-0.25, -0.2) is 8.42 Å². The Kier molecular flexibility index (Phi) is 5.99. The number of phenols is 1. The number of rotatable bonds is 7. The summed E-state index contributed by atoms with van der Waals surface area (Å²) in [4.78, 5) is -0.0130. The topological polar surface area (TPSA) is 91.3 Å². The molecule has 8 heteroatoms. The minimum absolute atomic E-state index is 0.0130. The summed E-state index contributed by atoms with van der Waals surface area (Å²) in [5.41, 5.74) is 0.499. The van der Waals surface area contributed by atoms with Crippen molar-refractivity contribution in [1.29, 1.82) is 0 Å². The lowest BCUT2D eigenvalue weighted by Gasteiger charge is -2.13. The van der Waals surface area contributed by atoms with E-state index in [4.69, 9.17) is 18.9 Å². The summed E-state index contributed by atoms with van der Waals surface area (Å²) >= 11 is 0. The second-order valence-corrected chi connectivity index (χ2v) is 6.97. The van der Waals surface area contributed by atoms with E-state index < -0.39 is 9.84 Å². The van der Waals surface area contributed by atoms with Crippen LogP contribution >= 0.6 is 0 Å². The van der Waals surface area contributed by atoms with Crippen LogP contribution in [0.15, 0.2) is 40.6 Å². The van der Waals surface area contributed by atoms with Crippen molar-refractivity contribution in [2.45, 2.75) is 4.90 Å². The number of benzene rings is 2. The molecule has 0 aliphatic heterocycles. The van der Waals surface area contributed by atoms with E-state index in [-0.39, 0.29) is 22.1 Å². The molecule has 0 fully saturated rings. The molecule has 0 atom stereocenters. The van der Waals surface area contributed by atoms with Gasteiger partial charge in [0.25, 0.3) is 0 Å². The van der Waals surface area contributed by atoms with Gasteiger partial charge in [0.2, 0.25) is 5.75 Å². The van der Waals surface area contributed by atoms with Crippen molar-refractivity contribution in [3.63, 3.8) is 0 Å². The van der Waals surface area contributed by atoms with Gasteiger partial charge < -0.3 is 24.1 Å². The Morgan fingerprint density at radius 2 is 1.42 bits per heavy atom. The average Bonchev–Trinajstić information content (AvgIpc) is 2.65. The lowest BCUT2D eigenvalue weighted by atomic mass is 10.2. The summed E-state index contributed by atoms with van der Waals surface area (Å²) < 4.78 is 45.7. The third-order valence-electron chi connectivity index (χ3n) is 3.61. The molecule has 0 unspecified atom stereocenters. The van der Waals surface area contributed by atoms with Gasteiger partial charge in [-0.05, 0) is 23.8 Å². The zero-order chi connectivity index (χ0) is 19.3. The van der Waals surface area contributed by atoms with E-state index in [1.165, 1.54) is 52.7 Å². The third-order valence-corrected chi connectivity index (χ3v) is 5.00. The SMILES string of the molecule is COc1ccc(/C=C/S(=O)(=O)c2cc(OC)c(OC)c(OC)c2)cc1O. The number of sulfone groups is 1. The number of hydrogen-bond donors (Lipinski definition) is 1. The van der Waals surface area contributed by atoms with E-state index in [0.29, 0.717) is 17.1 Å². The van der Waals surface area contributed by atoms with Crippen molar-refractivity contribution in [3.05, 3.63) is 41.3 Å². The molecular weight excluding hydrogens is 360 g/mol. The first kappa shape index (κ1) is 19.5. The normalized spacial score (nSPS) is 11.4. The van der Waals surface area contributed by atoms with E-state index in [1.807, 2.05) is 0 Å². The van der Waals surface area contributed by atoms with Crippen molar-refractivity contribution < 1.29 is 32.5 Å². The van der Waals surface area contributed by atoms with Crippen LogP contribution in [0.2, 0.25) is 0 Å². The molecule has 0 radical (unpaired) electrons. The fourth-order valence-corrected chi connectivity index (χ4v) is 3.31. The Hall–Kier alpha value is -2.87. The van der Waals surface area contributed by atoms with Crippen LogP contribution in [0, 0.1) is 0 Å². The first-order chi connectivity index (χ1) is 12.4. The van der Waals surface area contributed by atoms with E-state index >= 15 is 0 Å². The summed E-state index contributed by atoms with van der Waals surface area (Å²) in [5, 5.41) is 10.8. The fraction of sp³-hybridized carbons (Fsp3) is 0.222. The van der Waals surface area contributed by atoms with Gasteiger partial charge in [0.15, 0.2) is 32.8 Å². The van der Waals surface area contributed by atoms with Crippen LogP contribution in [0.3, 0.4) is 0 Å². The number of ether oxygens (including phenoxy) is 4. The Bertz CT molecular complexity index is 892. The maximum Gasteiger partial charge on any atom is 0.203 e. The van der Waals surface area contributed by atoms with Gasteiger partial charge in [-0.1, -0.05) is 6.07 Å². The quantitative estimate of drug-likeness (QED) is 0.790. The first-order valence-corrected chi connectivity index (χ1v) is 9.01. The van der Waals surface area contributed by atoms with Crippen molar-refractivity contribution >= 4 is 15.9 Å². The molecule has 0 heterocycles. The van der Waals surface area contributed by atoms with Crippen LogP contribution < -0.4 is 18.9 Å². The highest BCUT2D eigenvalue weighted by molar-refractivity contribution is 7.94. The monoisotopic (exact) mass is 380 g/mol. The molecule has 0 aliphatic rings. The lowest BCUT2D eigenvalue weighted by Crippen LogP contribution is -2.01. The average molecular weight is 380 g/mol. The van der Waals surface area contributed by atoms with Crippen LogP contribution in [-0.4, -0.2) is 42.0 Å². The molecule has 0 aromatic heterocycles. The second kappa shape index (κ2) is 8.01. The summed E-state index contributed by atoms with van der Waals surface area (Å²) in [6, 6.07) is 7.28. The number of aromatic hydroxyl groups is 1. The Balaban J connectivity index is 2.42. The molecule has 0 bridgehead atoms. The Morgan fingerprint density at radius 1 is 0.846 bits per heavy atom. The van der Waals surface area contributed by atoms with Gasteiger partial charge in [0, 0.05) is 17.5 Å². The van der Waals surface area contributed by atoms with Crippen molar-refractivity contribution in [2.24, 2.45) is 0 Å². The zero-order valence-corrected chi connectivity index (χ0v) is 15.7. The van der Waals surface area contributed by atoms with E-state index in [2.05, 4.69) is 0 Å². The molecule has 1 N–H and O–H groups in total. The van der Waals surface area contributed by atoms with E-state index in [0.717, 1.165) is 5.41 Å². The number of methoxy groups -OCH3 is 4. The van der Waals surface area contributed by atoms with Crippen molar-refractivity contribution in [1.82, 2.24) is 0 Å². The maximum atomic E-state index is 12.6. The summed E-state index contributed by atoms with van der Waals surface area (Å²) in [7, 11) is 1.89. The smallest absolute Gasteiger partial charge is 0.203 e. The summed E-state index contributed by atoms with van der Waals surface area (Å²) in [6.07, 6.45) is 1.37. The number of phenolic OH excluding ortho intramolecular Hbond substituents is 1. The molecule has 0 spiro atoms. The van der Waals surface area contributed by atoms with Crippen LogP contribution in [0.4, 0.5) is 0 Å². The predicted molar refractivity (Wildman–Crippen MR) is 97.0 cm³/mol.